The molecule has 0 N–H and O–H groups in total. The van der Waals surface area contributed by atoms with E-state index in [2.05, 4.69) is 6.07 Å². The van der Waals surface area contributed by atoms with E-state index in [0.717, 1.165) is 42.4 Å². The lowest BCUT2D eigenvalue weighted by atomic mass is 9.79. The van der Waals surface area contributed by atoms with Gasteiger partial charge in [-0.25, -0.2) is 0 Å². The highest BCUT2D eigenvalue weighted by molar-refractivity contribution is 6.18. The first-order valence-electron chi connectivity index (χ1n) is 11.1. The van der Waals surface area contributed by atoms with E-state index < -0.39 is 11.7 Å². The number of imide groups is 1. The van der Waals surface area contributed by atoms with E-state index in [1.807, 2.05) is 54.6 Å². The Bertz CT molecular complexity index is 986. The molecule has 1 spiro atoms. The van der Waals surface area contributed by atoms with Gasteiger partial charge in [0.25, 0.3) is 11.8 Å². The molecule has 1 unspecified atom stereocenters. The molecule has 1 atom stereocenters. The number of benzene rings is 2. The van der Waals surface area contributed by atoms with Crippen LogP contribution in [0, 0.1) is 0 Å². The number of hydrogen-bond acceptors (Lipinski definition) is 3. The van der Waals surface area contributed by atoms with Crippen molar-refractivity contribution < 1.29 is 14.3 Å². The van der Waals surface area contributed by atoms with Crippen molar-refractivity contribution in [1.29, 1.82) is 0 Å². The van der Waals surface area contributed by atoms with Crippen molar-refractivity contribution in [2.45, 2.75) is 63.2 Å². The van der Waals surface area contributed by atoms with Crippen molar-refractivity contribution in [2.24, 2.45) is 0 Å². The van der Waals surface area contributed by atoms with Crippen molar-refractivity contribution in [3.05, 3.63) is 76.9 Å². The third kappa shape index (κ3) is 3.29. The Morgan fingerprint density at radius 1 is 0.867 bits per heavy atom. The molecule has 5 rings (SSSR count). The quantitative estimate of drug-likeness (QED) is 0.667. The average Bonchev–Trinajstić information content (AvgIpc) is 2.89. The van der Waals surface area contributed by atoms with Gasteiger partial charge in [-0.3, -0.25) is 14.5 Å². The zero-order chi connectivity index (χ0) is 20.6. The lowest BCUT2D eigenvalue weighted by Crippen LogP contribution is -2.39. The molecule has 0 radical (unpaired) electrons. The molecule has 2 fully saturated rings. The van der Waals surface area contributed by atoms with Crippen molar-refractivity contribution in [3.8, 4) is 0 Å². The average molecular weight is 402 g/mol. The van der Waals surface area contributed by atoms with Gasteiger partial charge in [-0.2, -0.15) is 0 Å². The van der Waals surface area contributed by atoms with Crippen LogP contribution in [0.2, 0.25) is 0 Å². The van der Waals surface area contributed by atoms with Gasteiger partial charge in [0.2, 0.25) is 0 Å². The fourth-order valence-corrected chi connectivity index (χ4v) is 5.17. The van der Waals surface area contributed by atoms with Gasteiger partial charge in [0.1, 0.15) is 0 Å². The molecule has 30 heavy (non-hydrogen) atoms. The summed E-state index contributed by atoms with van der Waals surface area (Å²) in [5.74, 6) is -0.462. The predicted molar refractivity (Wildman–Crippen MR) is 115 cm³/mol. The van der Waals surface area contributed by atoms with Crippen LogP contribution in [-0.2, 0) is 26.5 Å². The lowest BCUT2D eigenvalue weighted by Gasteiger charge is -2.37. The molecule has 2 heterocycles. The van der Waals surface area contributed by atoms with Crippen LogP contribution in [0.4, 0.5) is 0 Å². The summed E-state index contributed by atoms with van der Waals surface area (Å²) in [5, 5.41) is 0. The molecular formula is C26H27NO3. The van der Waals surface area contributed by atoms with E-state index in [0.29, 0.717) is 5.57 Å². The first-order valence-corrected chi connectivity index (χ1v) is 11.1. The second-order valence-electron chi connectivity index (χ2n) is 8.66. The number of carbonyl (C=O) groups is 2. The number of carbonyl (C=O) groups excluding carboxylic acids is 2. The fraction of sp³-hybridized carbons (Fsp3) is 0.385. The molecule has 0 aromatic heterocycles. The van der Waals surface area contributed by atoms with Crippen LogP contribution in [0.3, 0.4) is 0 Å². The number of fused-ring (bicyclic) bond motifs is 3. The fourth-order valence-electron chi connectivity index (χ4n) is 5.17. The molecule has 2 aliphatic heterocycles. The van der Waals surface area contributed by atoms with Crippen LogP contribution < -0.4 is 0 Å². The molecule has 3 aliphatic rings. The Hall–Kier alpha value is -2.72. The lowest BCUT2D eigenvalue weighted by molar-refractivity contribution is -0.153. The molecule has 1 saturated heterocycles. The summed E-state index contributed by atoms with van der Waals surface area (Å²) < 4.78 is 6.70. The topological polar surface area (TPSA) is 46.6 Å². The number of rotatable bonds is 2. The third-order valence-electron chi connectivity index (χ3n) is 6.72. The van der Waals surface area contributed by atoms with E-state index >= 15 is 0 Å². The van der Waals surface area contributed by atoms with E-state index in [9.17, 15) is 9.59 Å². The highest BCUT2D eigenvalue weighted by Gasteiger charge is 2.50. The standard InChI is InChI=1S/C26H27NO3/c28-24-21-17-20-13-7-8-14-22(20)26(15-9-2-1-3-10-16-26)30-23(21)25(29)27(24)18-19-11-5-4-6-12-19/h4-8,11-14,17,23H,1-3,9-10,15-16,18H2. The van der Waals surface area contributed by atoms with Gasteiger partial charge in [0, 0.05) is 0 Å². The van der Waals surface area contributed by atoms with E-state index in [-0.39, 0.29) is 18.4 Å². The van der Waals surface area contributed by atoms with Crippen molar-refractivity contribution in [2.75, 3.05) is 0 Å². The monoisotopic (exact) mass is 401 g/mol. The second-order valence-corrected chi connectivity index (χ2v) is 8.66. The van der Waals surface area contributed by atoms with Crippen LogP contribution in [0.25, 0.3) is 6.08 Å². The summed E-state index contributed by atoms with van der Waals surface area (Å²) in [4.78, 5) is 28.0. The normalized spacial score (nSPS) is 23.3. The first-order chi connectivity index (χ1) is 14.7. The molecule has 1 saturated carbocycles. The number of ether oxygens (including phenoxy) is 1. The summed E-state index contributed by atoms with van der Waals surface area (Å²) in [7, 11) is 0. The van der Waals surface area contributed by atoms with Gasteiger partial charge in [0.05, 0.1) is 17.7 Å². The van der Waals surface area contributed by atoms with Crippen molar-refractivity contribution >= 4 is 17.9 Å². The maximum Gasteiger partial charge on any atom is 0.263 e. The Balaban J connectivity index is 1.55. The molecular weight excluding hydrogens is 374 g/mol. The molecule has 0 bridgehead atoms. The zero-order valence-corrected chi connectivity index (χ0v) is 17.2. The van der Waals surface area contributed by atoms with Crippen molar-refractivity contribution in [1.82, 2.24) is 4.90 Å². The van der Waals surface area contributed by atoms with Crippen LogP contribution >= 0.6 is 0 Å². The molecule has 2 aromatic rings. The maximum absolute atomic E-state index is 13.4. The van der Waals surface area contributed by atoms with Gasteiger partial charge in [-0.15, -0.1) is 0 Å². The van der Waals surface area contributed by atoms with E-state index in [4.69, 9.17) is 4.74 Å². The summed E-state index contributed by atoms with van der Waals surface area (Å²) in [6.45, 7) is 0.282. The van der Waals surface area contributed by atoms with Gasteiger partial charge in [0.15, 0.2) is 6.10 Å². The minimum atomic E-state index is -0.812. The molecule has 4 nitrogen and oxygen atoms in total. The smallest absolute Gasteiger partial charge is 0.263 e. The van der Waals surface area contributed by atoms with Crippen LogP contribution in [0.15, 0.2) is 60.2 Å². The molecule has 2 amide bonds. The maximum atomic E-state index is 13.4. The molecule has 1 aliphatic carbocycles. The minimum absolute atomic E-state index is 0.230. The summed E-state index contributed by atoms with van der Waals surface area (Å²) in [5.41, 5.74) is 3.06. The highest BCUT2D eigenvalue weighted by atomic mass is 16.5. The molecule has 2 aromatic carbocycles. The number of nitrogens with zero attached hydrogens (tertiary/aromatic N) is 1. The van der Waals surface area contributed by atoms with Gasteiger partial charge in [-0.1, -0.05) is 86.7 Å². The Morgan fingerprint density at radius 3 is 2.30 bits per heavy atom. The predicted octanol–water partition coefficient (Wildman–Crippen LogP) is 4.98. The Kier molecular flexibility index (Phi) is 5.03. The van der Waals surface area contributed by atoms with Crippen LogP contribution in [0.1, 0.15) is 61.6 Å². The Morgan fingerprint density at radius 2 is 1.53 bits per heavy atom. The minimum Gasteiger partial charge on any atom is -0.352 e. The number of amides is 2. The van der Waals surface area contributed by atoms with Gasteiger partial charge in [-0.05, 0) is 35.6 Å². The van der Waals surface area contributed by atoms with Crippen molar-refractivity contribution in [3.63, 3.8) is 0 Å². The zero-order valence-electron chi connectivity index (χ0n) is 17.2. The van der Waals surface area contributed by atoms with Crippen LogP contribution in [0.5, 0.6) is 0 Å². The van der Waals surface area contributed by atoms with Gasteiger partial charge < -0.3 is 4.74 Å². The first kappa shape index (κ1) is 19.3. The number of hydrogen-bond donors (Lipinski definition) is 0. The largest absolute Gasteiger partial charge is 0.352 e. The molecule has 154 valence electrons. The summed E-state index contributed by atoms with van der Waals surface area (Å²) >= 11 is 0. The molecule has 4 heteroatoms. The van der Waals surface area contributed by atoms with E-state index in [1.54, 1.807) is 0 Å². The SMILES string of the molecule is O=C1C2=Cc3ccccc3C3(CCCCCCC3)OC2C(=O)N1Cc1ccccc1. The number of likely N-dealkylation sites (tertiary alicyclic amines) is 1. The third-order valence-corrected chi connectivity index (χ3v) is 6.72. The van der Waals surface area contributed by atoms with E-state index in [1.165, 1.54) is 24.2 Å². The van der Waals surface area contributed by atoms with Crippen LogP contribution in [-0.4, -0.2) is 22.8 Å². The highest BCUT2D eigenvalue weighted by Crippen LogP contribution is 2.46. The van der Waals surface area contributed by atoms with Gasteiger partial charge >= 0.3 is 0 Å². The Labute approximate surface area is 177 Å². The second kappa shape index (κ2) is 7.84. The summed E-state index contributed by atoms with van der Waals surface area (Å²) in [6, 6.07) is 17.9. The summed E-state index contributed by atoms with van der Waals surface area (Å²) in [6.07, 6.45) is 8.65.